The number of hydrogen-bond acceptors (Lipinski definition) is 7. The molecule has 0 spiro atoms. The van der Waals surface area contributed by atoms with Gasteiger partial charge in [-0.1, -0.05) is 5.16 Å². The number of aromatic nitrogens is 4. The van der Waals surface area contributed by atoms with Gasteiger partial charge in [0.05, 0.1) is 0 Å². The molecule has 8 nitrogen and oxygen atoms in total. The van der Waals surface area contributed by atoms with E-state index in [4.69, 9.17) is 9.26 Å². The summed E-state index contributed by atoms with van der Waals surface area (Å²) in [6.45, 7) is 0. The fourth-order valence-electron chi connectivity index (χ4n) is 3.11. The molecule has 27 heavy (non-hydrogen) atoms. The molecule has 0 aliphatic heterocycles. The summed E-state index contributed by atoms with van der Waals surface area (Å²) in [5.74, 6) is 0.290. The van der Waals surface area contributed by atoms with E-state index < -0.39 is 0 Å². The third-order valence-electron chi connectivity index (χ3n) is 4.51. The third-order valence-corrected chi connectivity index (χ3v) is 4.51. The van der Waals surface area contributed by atoms with Crippen molar-refractivity contribution in [3.8, 4) is 17.3 Å². The first-order chi connectivity index (χ1) is 13.3. The first-order valence-electron chi connectivity index (χ1n) is 8.89. The first kappa shape index (κ1) is 17.1. The molecule has 1 saturated carbocycles. The number of amides is 1. The van der Waals surface area contributed by atoms with Crippen LogP contribution < -0.4 is 10.1 Å². The van der Waals surface area contributed by atoms with E-state index in [1.54, 1.807) is 43.0 Å². The minimum absolute atomic E-state index is 0.0739. The molecule has 0 aromatic carbocycles. The molecule has 0 bridgehead atoms. The highest BCUT2D eigenvalue weighted by molar-refractivity contribution is 5.93. The Balaban J connectivity index is 1.29. The Morgan fingerprint density at radius 2 is 1.93 bits per heavy atom. The molecule has 0 unspecified atom stereocenters. The van der Waals surface area contributed by atoms with E-state index in [1.165, 1.54) is 0 Å². The van der Waals surface area contributed by atoms with Crippen LogP contribution in [0.1, 0.15) is 36.2 Å². The van der Waals surface area contributed by atoms with Crippen molar-refractivity contribution in [3.05, 3.63) is 54.7 Å². The van der Waals surface area contributed by atoms with Gasteiger partial charge in [-0.2, -0.15) is 0 Å². The van der Waals surface area contributed by atoms with Crippen molar-refractivity contribution >= 4 is 5.91 Å². The van der Waals surface area contributed by atoms with Crippen LogP contribution in [0.25, 0.3) is 11.3 Å². The first-order valence-corrected chi connectivity index (χ1v) is 8.89. The summed E-state index contributed by atoms with van der Waals surface area (Å²) in [6.07, 6.45) is 10.1. The van der Waals surface area contributed by atoms with E-state index in [9.17, 15) is 4.79 Å². The van der Waals surface area contributed by atoms with E-state index >= 15 is 0 Å². The number of pyridine rings is 1. The van der Waals surface area contributed by atoms with Crippen LogP contribution in [0.5, 0.6) is 6.01 Å². The maximum Gasteiger partial charge on any atom is 0.316 e. The number of hydrogen-bond donors (Lipinski definition) is 1. The summed E-state index contributed by atoms with van der Waals surface area (Å²) in [7, 11) is 0. The second kappa shape index (κ2) is 7.94. The number of rotatable bonds is 5. The molecule has 0 saturated heterocycles. The van der Waals surface area contributed by atoms with Crippen molar-refractivity contribution in [1.29, 1.82) is 0 Å². The Bertz CT molecular complexity index is 877. The van der Waals surface area contributed by atoms with Crippen LogP contribution >= 0.6 is 0 Å². The lowest BCUT2D eigenvalue weighted by Gasteiger charge is -2.28. The van der Waals surface area contributed by atoms with Crippen LogP contribution in [0.15, 0.2) is 53.6 Å². The lowest BCUT2D eigenvalue weighted by Crippen LogP contribution is -2.39. The summed E-state index contributed by atoms with van der Waals surface area (Å²) in [5.41, 5.74) is 1.05. The van der Waals surface area contributed by atoms with Crippen molar-refractivity contribution in [2.75, 3.05) is 0 Å². The Labute approximate surface area is 156 Å². The molecule has 1 aliphatic rings. The van der Waals surface area contributed by atoms with Gasteiger partial charge in [-0.05, 0) is 43.9 Å². The maximum absolute atomic E-state index is 12.4. The van der Waals surface area contributed by atoms with Crippen molar-refractivity contribution in [2.24, 2.45) is 0 Å². The van der Waals surface area contributed by atoms with E-state index in [1.807, 2.05) is 6.07 Å². The second-order valence-electron chi connectivity index (χ2n) is 6.41. The quantitative estimate of drug-likeness (QED) is 0.741. The molecule has 1 amide bonds. The topological polar surface area (TPSA) is 103 Å². The van der Waals surface area contributed by atoms with Crippen LogP contribution in [0.3, 0.4) is 0 Å². The minimum atomic E-state index is -0.232. The van der Waals surface area contributed by atoms with Crippen molar-refractivity contribution in [1.82, 2.24) is 25.4 Å². The van der Waals surface area contributed by atoms with E-state index in [0.717, 1.165) is 31.2 Å². The third kappa shape index (κ3) is 4.28. The molecule has 1 aliphatic carbocycles. The van der Waals surface area contributed by atoms with E-state index in [2.05, 4.69) is 25.4 Å². The highest BCUT2D eigenvalue weighted by Crippen LogP contribution is 2.23. The lowest BCUT2D eigenvalue weighted by molar-refractivity contribution is 0.0876. The second-order valence-corrected chi connectivity index (χ2v) is 6.41. The molecular weight excluding hydrogens is 346 g/mol. The molecular formula is C19H19N5O3. The number of carbonyl (C=O) groups is 1. The molecule has 0 radical (unpaired) electrons. The van der Waals surface area contributed by atoms with Gasteiger partial charge < -0.3 is 14.6 Å². The zero-order valence-electron chi connectivity index (χ0n) is 14.6. The van der Waals surface area contributed by atoms with Gasteiger partial charge in [0.25, 0.3) is 5.91 Å². The summed E-state index contributed by atoms with van der Waals surface area (Å²) >= 11 is 0. The monoisotopic (exact) mass is 365 g/mol. The molecule has 8 heteroatoms. The smallest absolute Gasteiger partial charge is 0.316 e. The van der Waals surface area contributed by atoms with Crippen LogP contribution in [0.4, 0.5) is 0 Å². The highest BCUT2D eigenvalue weighted by Gasteiger charge is 2.25. The van der Waals surface area contributed by atoms with Gasteiger partial charge in [0.2, 0.25) is 0 Å². The van der Waals surface area contributed by atoms with Crippen LogP contribution in [-0.4, -0.2) is 38.2 Å². The summed E-state index contributed by atoms with van der Waals surface area (Å²) in [5, 5.41) is 6.89. The standard InChI is InChI=1S/C19H19N5O3/c25-18(16-11-17(27-24-16)13-3-1-8-20-12-13)23-14-4-6-15(7-5-14)26-19-21-9-2-10-22-19/h1-3,8-12,14-15H,4-7H2,(H,23,25). The molecule has 3 heterocycles. The molecule has 138 valence electrons. The average Bonchev–Trinajstić information content (AvgIpc) is 3.21. The molecule has 3 aromatic heterocycles. The maximum atomic E-state index is 12.4. The van der Waals surface area contributed by atoms with Gasteiger partial charge in [0.15, 0.2) is 11.5 Å². The van der Waals surface area contributed by atoms with Gasteiger partial charge in [-0.3, -0.25) is 9.78 Å². The number of carbonyl (C=O) groups excluding carboxylic acids is 1. The Morgan fingerprint density at radius 3 is 2.67 bits per heavy atom. The number of nitrogens with one attached hydrogen (secondary N) is 1. The molecule has 0 atom stereocenters. The van der Waals surface area contributed by atoms with Gasteiger partial charge >= 0.3 is 6.01 Å². The Kier molecular flexibility index (Phi) is 5.04. The molecule has 4 rings (SSSR count). The normalized spacial score (nSPS) is 19.4. The SMILES string of the molecule is O=C(NC1CCC(Oc2ncccn2)CC1)c1cc(-c2cccnc2)on1. The van der Waals surface area contributed by atoms with Gasteiger partial charge in [0, 0.05) is 42.5 Å². The van der Waals surface area contributed by atoms with E-state index in [-0.39, 0.29) is 23.7 Å². The lowest BCUT2D eigenvalue weighted by atomic mass is 9.93. The summed E-state index contributed by atoms with van der Waals surface area (Å²) < 4.78 is 11.0. The Hall–Kier alpha value is -3.29. The Morgan fingerprint density at radius 1 is 1.11 bits per heavy atom. The van der Waals surface area contributed by atoms with Gasteiger partial charge in [-0.25, -0.2) is 9.97 Å². The zero-order chi connectivity index (χ0) is 18.5. The van der Waals surface area contributed by atoms with Crippen LogP contribution in [-0.2, 0) is 0 Å². The van der Waals surface area contributed by atoms with Crippen molar-refractivity contribution in [2.45, 2.75) is 37.8 Å². The average molecular weight is 365 g/mol. The molecule has 1 N–H and O–H groups in total. The van der Waals surface area contributed by atoms with Crippen LogP contribution in [0.2, 0.25) is 0 Å². The molecule has 1 fully saturated rings. The summed E-state index contributed by atoms with van der Waals surface area (Å²) in [4.78, 5) is 24.6. The van der Waals surface area contributed by atoms with Crippen LogP contribution in [0, 0.1) is 0 Å². The predicted molar refractivity (Wildman–Crippen MR) is 95.9 cm³/mol. The fraction of sp³-hybridized carbons (Fsp3) is 0.316. The van der Waals surface area contributed by atoms with Crippen molar-refractivity contribution in [3.63, 3.8) is 0 Å². The zero-order valence-corrected chi connectivity index (χ0v) is 14.6. The predicted octanol–water partition coefficient (Wildman–Crippen LogP) is 2.65. The summed E-state index contributed by atoms with van der Waals surface area (Å²) in [6, 6.07) is 7.53. The minimum Gasteiger partial charge on any atom is -0.460 e. The fourth-order valence-corrected chi connectivity index (χ4v) is 3.11. The van der Waals surface area contributed by atoms with Gasteiger partial charge in [0.1, 0.15) is 6.10 Å². The number of nitrogens with zero attached hydrogens (tertiary/aromatic N) is 4. The highest BCUT2D eigenvalue weighted by atomic mass is 16.5. The molecule has 3 aromatic rings. The van der Waals surface area contributed by atoms with E-state index in [0.29, 0.717) is 11.8 Å². The van der Waals surface area contributed by atoms with Gasteiger partial charge in [-0.15, -0.1) is 0 Å². The number of ether oxygens (including phenoxy) is 1. The largest absolute Gasteiger partial charge is 0.460 e. The van der Waals surface area contributed by atoms with Crippen molar-refractivity contribution < 1.29 is 14.1 Å².